The Morgan fingerprint density at radius 2 is 1.89 bits per heavy atom. The summed E-state index contributed by atoms with van der Waals surface area (Å²) < 4.78 is 1.15. The van der Waals surface area contributed by atoms with Gasteiger partial charge in [-0.05, 0) is 47.5 Å². The van der Waals surface area contributed by atoms with Gasteiger partial charge in [-0.3, -0.25) is 4.90 Å². The molecular formula is C14H20BrClN2. The van der Waals surface area contributed by atoms with Gasteiger partial charge in [0.15, 0.2) is 0 Å². The first-order valence-electron chi connectivity index (χ1n) is 6.45. The summed E-state index contributed by atoms with van der Waals surface area (Å²) in [5.74, 6) is 0.569. The molecule has 0 radical (unpaired) electrons. The van der Waals surface area contributed by atoms with Crippen molar-refractivity contribution in [3.8, 4) is 0 Å². The summed E-state index contributed by atoms with van der Waals surface area (Å²) in [6, 6.07) is 7.06. The Kier molecular flexibility index (Phi) is 4.93. The summed E-state index contributed by atoms with van der Waals surface area (Å²) in [7, 11) is 0. The van der Waals surface area contributed by atoms with E-state index in [1.165, 1.54) is 5.69 Å². The normalized spacial score (nSPS) is 17.5. The van der Waals surface area contributed by atoms with Crippen LogP contribution in [-0.2, 0) is 5.88 Å². The number of alkyl halides is 1. The van der Waals surface area contributed by atoms with Crippen molar-refractivity contribution in [2.24, 2.45) is 0 Å². The maximum absolute atomic E-state index is 5.85. The maximum Gasteiger partial charge on any atom is 0.0511 e. The predicted molar refractivity (Wildman–Crippen MR) is 82.6 cm³/mol. The van der Waals surface area contributed by atoms with Crippen LogP contribution in [0.3, 0.4) is 0 Å². The zero-order valence-corrected chi connectivity index (χ0v) is 13.3. The lowest BCUT2D eigenvalue weighted by Crippen LogP contribution is -2.49. The van der Waals surface area contributed by atoms with Gasteiger partial charge in [0.1, 0.15) is 0 Å². The lowest BCUT2D eigenvalue weighted by Gasteiger charge is -2.38. The SMILES string of the molecule is CC(C)N1CCN(c2ccc(CCl)cc2Br)CC1. The van der Waals surface area contributed by atoms with Crippen LogP contribution in [0.4, 0.5) is 5.69 Å². The van der Waals surface area contributed by atoms with E-state index in [1.807, 2.05) is 0 Å². The van der Waals surface area contributed by atoms with Crippen molar-refractivity contribution >= 4 is 33.2 Å². The van der Waals surface area contributed by atoms with E-state index in [-0.39, 0.29) is 0 Å². The first-order chi connectivity index (χ1) is 8.61. The van der Waals surface area contributed by atoms with Crippen molar-refractivity contribution < 1.29 is 0 Å². The molecule has 1 aromatic rings. The van der Waals surface area contributed by atoms with Crippen LogP contribution in [0.15, 0.2) is 22.7 Å². The molecule has 2 rings (SSSR count). The van der Waals surface area contributed by atoms with Crippen LogP contribution in [-0.4, -0.2) is 37.1 Å². The first kappa shape index (κ1) is 14.2. The van der Waals surface area contributed by atoms with Gasteiger partial charge >= 0.3 is 0 Å². The average Bonchev–Trinajstić information content (AvgIpc) is 2.38. The number of piperazine rings is 1. The molecule has 0 spiro atoms. The molecule has 1 aliphatic rings. The topological polar surface area (TPSA) is 6.48 Å². The molecule has 0 atom stereocenters. The Bertz CT molecular complexity index is 401. The fourth-order valence-electron chi connectivity index (χ4n) is 2.37. The third kappa shape index (κ3) is 3.19. The Hall–Kier alpha value is -0.250. The number of benzene rings is 1. The van der Waals surface area contributed by atoms with Crippen molar-refractivity contribution in [3.05, 3.63) is 28.2 Å². The molecule has 18 heavy (non-hydrogen) atoms. The highest BCUT2D eigenvalue weighted by Crippen LogP contribution is 2.28. The van der Waals surface area contributed by atoms with E-state index in [0.717, 1.165) is 36.2 Å². The molecule has 1 fully saturated rings. The van der Waals surface area contributed by atoms with Crippen molar-refractivity contribution in [2.45, 2.75) is 25.8 Å². The second-order valence-corrected chi connectivity index (χ2v) is 6.16. The lowest BCUT2D eigenvalue weighted by molar-refractivity contribution is 0.209. The second kappa shape index (κ2) is 6.27. The highest BCUT2D eigenvalue weighted by molar-refractivity contribution is 9.10. The molecule has 0 aromatic heterocycles. The van der Waals surface area contributed by atoms with Crippen LogP contribution >= 0.6 is 27.5 Å². The predicted octanol–water partition coefficient (Wildman–Crippen LogP) is 3.72. The van der Waals surface area contributed by atoms with E-state index in [2.05, 4.69) is 57.8 Å². The van der Waals surface area contributed by atoms with Crippen molar-refractivity contribution in [1.29, 1.82) is 0 Å². The molecule has 100 valence electrons. The van der Waals surface area contributed by atoms with Crippen LogP contribution in [0, 0.1) is 0 Å². The number of nitrogens with zero attached hydrogens (tertiary/aromatic N) is 2. The van der Waals surface area contributed by atoms with Gasteiger partial charge < -0.3 is 4.90 Å². The van der Waals surface area contributed by atoms with Crippen LogP contribution in [0.1, 0.15) is 19.4 Å². The summed E-state index contributed by atoms with van der Waals surface area (Å²) in [4.78, 5) is 4.97. The Morgan fingerprint density at radius 1 is 1.22 bits per heavy atom. The third-order valence-electron chi connectivity index (χ3n) is 3.55. The highest BCUT2D eigenvalue weighted by Gasteiger charge is 2.20. The van der Waals surface area contributed by atoms with Gasteiger partial charge in [-0.1, -0.05) is 6.07 Å². The molecule has 0 N–H and O–H groups in total. The van der Waals surface area contributed by atoms with E-state index < -0.39 is 0 Å². The highest BCUT2D eigenvalue weighted by atomic mass is 79.9. The Labute approximate surface area is 123 Å². The van der Waals surface area contributed by atoms with E-state index >= 15 is 0 Å². The molecule has 0 saturated carbocycles. The van der Waals surface area contributed by atoms with Gasteiger partial charge in [0.2, 0.25) is 0 Å². The smallest absolute Gasteiger partial charge is 0.0511 e. The largest absolute Gasteiger partial charge is 0.368 e. The minimum absolute atomic E-state index is 0.569. The van der Waals surface area contributed by atoms with E-state index in [1.54, 1.807) is 0 Å². The van der Waals surface area contributed by atoms with Gasteiger partial charge in [0.25, 0.3) is 0 Å². The molecule has 1 aliphatic heterocycles. The van der Waals surface area contributed by atoms with Gasteiger partial charge in [-0.2, -0.15) is 0 Å². The molecule has 0 bridgehead atoms. The molecule has 1 aromatic carbocycles. The quantitative estimate of drug-likeness (QED) is 0.779. The average molecular weight is 332 g/mol. The fraction of sp³-hybridized carbons (Fsp3) is 0.571. The molecule has 0 amide bonds. The number of halogens is 2. The van der Waals surface area contributed by atoms with E-state index in [9.17, 15) is 0 Å². The summed E-state index contributed by atoms with van der Waals surface area (Å²) >= 11 is 9.50. The van der Waals surface area contributed by atoms with Crippen LogP contribution < -0.4 is 4.90 Å². The fourth-order valence-corrected chi connectivity index (χ4v) is 3.21. The summed E-state index contributed by atoms with van der Waals surface area (Å²) in [5, 5.41) is 0. The minimum atomic E-state index is 0.569. The maximum atomic E-state index is 5.85. The Balaban J connectivity index is 2.05. The molecule has 0 unspecified atom stereocenters. The van der Waals surface area contributed by atoms with Gasteiger partial charge in [0.05, 0.1) is 5.69 Å². The van der Waals surface area contributed by atoms with Crippen molar-refractivity contribution in [1.82, 2.24) is 4.90 Å². The zero-order chi connectivity index (χ0) is 13.1. The number of rotatable bonds is 3. The second-order valence-electron chi connectivity index (χ2n) is 5.04. The standard InChI is InChI=1S/C14H20BrClN2/c1-11(2)17-5-7-18(8-6-17)14-4-3-12(10-16)9-13(14)15/h3-4,9,11H,5-8,10H2,1-2H3. The summed E-state index contributed by atoms with van der Waals surface area (Å²) in [6.45, 7) is 9.00. The number of anilines is 1. The van der Waals surface area contributed by atoms with E-state index in [4.69, 9.17) is 11.6 Å². The molecule has 1 heterocycles. The van der Waals surface area contributed by atoms with Crippen LogP contribution in [0.5, 0.6) is 0 Å². The zero-order valence-electron chi connectivity index (χ0n) is 11.0. The monoisotopic (exact) mass is 330 g/mol. The van der Waals surface area contributed by atoms with Crippen molar-refractivity contribution in [2.75, 3.05) is 31.1 Å². The molecular weight excluding hydrogens is 312 g/mol. The molecule has 0 aliphatic carbocycles. The van der Waals surface area contributed by atoms with Crippen molar-refractivity contribution in [3.63, 3.8) is 0 Å². The summed E-state index contributed by atoms with van der Waals surface area (Å²) in [5.41, 5.74) is 2.44. The molecule has 4 heteroatoms. The van der Waals surface area contributed by atoms with Gasteiger partial charge in [-0.25, -0.2) is 0 Å². The summed E-state index contributed by atoms with van der Waals surface area (Å²) in [6.07, 6.45) is 0. The van der Waals surface area contributed by atoms with E-state index in [0.29, 0.717) is 11.9 Å². The third-order valence-corrected chi connectivity index (χ3v) is 4.50. The first-order valence-corrected chi connectivity index (χ1v) is 7.78. The minimum Gasteiger partial charge on any atom is -0.368 e. The van der Waals surface area contributed by atoms with Crippen LogP contribution in [0.2, 0.25) is 0 Å². The van der Waals surface area contributed by atoms with Gasteiger partial charge in [-0.15, -0.1) is 11.6 Å². The number of hydrogen-bond donors (Lipinski definition) is 0. The van der Waals surface area contributed by atoms with Gasteiger partial charge in [0, 0.05) is 42.6 Å². The molecule has 2 nitrogen and oxygen atoms in total. The molecule has 1 saturated heterocycles. The lowest BCUT2D eigenvalue weighted by atomic mass is 10.2. The van der Waals surface area contributed by atoms with Crippen LogP contribution in [0.25, 0.3) is 0 Å². The Morgan fingerprint density at radius 3 is 2.39 bits per heavy atom. The number of hydrogen-bond acceptors (Lipinski definition) is 2.